The first-order valence-corrected chi connectivity index (χ1v) is 9.67. The summed E-state index contributed by atoms with van der Waals surface area (Å²) in [6, 6.07) is 6.10. The number of aryl methyl sites for hydroxylation is 1. The normalized spacial score (nSPS) is 17.1. The smallest absolute Gasteiger partial charge is 0.243 e. The van der Waals surface area contributed by atoms with Crippen molar-refractivity contribution in [3.63, 3.8) is 0 Å². The number of hydrogen-bond donors (Lipinski definition) is 1. The number of rotatable bonds is 6. The van der Waals surface area contributed by atoms with Crippen LogP contribution in [0.4, 0.5) is 8.78 Å². The van der Waals surface area contributed by atoms with Gasteiger partial charge in [0.15, 0.2) is 0 Å². The summed E-state index contributed by atoms with van der Waals surface area (Å²) in [6.45, 7) is 1.86. The Hall–Kier alpha value is -1.77. The minimum absolute atomic E-state index is 0.0934. The monoisotopic (exact) mass is 369 g/mol. The first kappa shape index (κ1) is 18.0. The van der Waals surface area contributed by atoms with Gasteiger partial charge in [-0.2, -0.15) is 0 Å². The van der Waals surface area contributed by atoms with Gasteiger partial charge in [0.05, 0.1) is 6.04 Å². The molecule has 2 heterocycles. The molecule has 1 fully saturated rings. The third kappa shape index (κ3) is 3.91. The predicted octanol–water partition coefficient (Wildman–Crippen LogP) is 2.42. The van der Waals surface area contributed by atoms with Crippen LogP contribution in [0.25, 0.3) is 0 Å². The van der Waals surface area contributed by atoms with Gasteiger partial charge in [-0.1, -0.05) is 0 Å². The zero-order valence-corrected chi connectivity index (χ0v) is 14.8. The van der Waals surface area contributed by atoms with Crippen molar-refractivity contribution in [2.45, 2.75) is 23.8 Å². The van der Waals surface area contributed by atoms with Gasteiger partial charge >= 0.3 is 0 Å². The molecule has 3 rings (SSSR count). The first-order valence-electron chi connectivity index (χ1n) is 8.18. The average molecular weight is 369 g/mol. The molecule has 0 amide bonds. The van der Waals surface area contributed by atoms with E-state index in [2.05, 4.69) is 9.62 Å². The highest BCUT2D eigenvalue weighted by molar-refractivity contribution is 7.89. The van der Waals surface area contributed by atoms with Crippen LogP contribution in [-0.2, 0) is 17.1 Å². The molecule has 1 N–H and O–H groups in total. The van der Waals surface area contributed by atoms with E-state index < -0.39 is 26.6 Å². The molecule has 5 nitrogen and oxygen atoms in total. The van der Waals surface area contributed by atoms with Crippen molar-refractivity contribution >= 4 is 10.0 Å². The molecule has 1 aromatic heterocycles. The number of nitrogens with one attached hydrogen (secondary N) is 1. The van der Waals surface area contributed by atoms with Crippen molar-refractivity contribution in [3.05, 3.63) is 53.9 Å². The van der Waals surface area contributed by atoms with E-state index in [1.54, 1.807) is 0 Å². The molecule has 8 heteroatoms. The van der Waals surface area contributed by atoms with Gasteiger partial charge in [-0.15, -0.1) is 0 Å². The Labute approximate surface area is 146 Å². The highest BCUT2D eigenvalue weighted by Crippen LogP contribution is 2.25. The highest BCUT2D eigenvalue weighted by atomic mass is 32.2. The van der Waals surface area contributed by atoms with E-state index in [9.17, 15) is 17.2 Å². The summed E-state index contributed by atoms with van der Waals surface area (Å²) in [6.07, 6.45) is 4.03. The van der Waals surface area contributed by atoms with Crippen molar-refractivity contribution in [3.8, 4) is 0 Å². The Bertz CT molecular complexity index is 845. The molecule has 25 heavy (non-hydrogen) atoms. The van der Waals surface area contributed by atoms with Gasteiger partial charge in [-0.3, -0.25) is 4.90 Å². The number of sulfonamides is 1. The molecule has 2 aromatic rings. The van der Waals surface area contributed by atoms with E-state index in [1.165, 1.54) is 0 Å². The molecule has 0 spiro atoms. The molecule has 1 aromatic carbocycles. The summed E-state index contributed by atoms with van der Waals surface area (Å²) in [4.78, 5) is 1.54. The van der Waals surface area contributed by atoms with Crippen LogP contribution in [0.5, 0.6) is 0 Å². The third-order valence-corrected chi connectivity index (χ3v) is 5.99. The van der Waals surface area contributed by atoms with Crippen LogP contribution in [-0.4, -0.2) is 37.5 Å². The van der Waals surface area contributed by atoms with Crippen LogP contribution in [0, 0.1) is 11.6 Å². The van der Waals surface area contributed by atoms with E-state index in [-0.39, 0.29) is 12.6 Å². The molecule has 1 aliphatic rings. The Morgan fingerprint density at radius 2 is 1.92 bits per heavy atom. The maximum Gasteiger partial charge on any atom is 0.243 e. The molecule has 0 saturated carbocycles. The van der Waals surface area contributed by atoms with E-state index in [1.807, 2.05) is 29.9 Å². The van der Waals surface area contributed by atoms with Gasteiger partial charge in [0.1, 0.15) is 16.5 Å². The number of nitrogens with zero attached hydrogens (tertiary/aromatic N) is 2. The van der Waals surface area contributed by atoms with Gasteiger partial charge in [0.2, 0.25) is 10.0 Å². The fourth-order valence-electron chi connectivity index (χ4n) is 3.24. The second-order valence-corrected chi connectivity index (χ2v) is 7.96. The molecule has 0 bridgehead atoms. The Morgan fingerprint density at radius 1 is 1.20 bits per heavy atom. The van der Waals surface area contributed by atoms with E-state index in [0.717, 1.165) is 43.8 Å². The standard InChI is InChI=1S/C17H21F2N3O2S/c1-21-8-4-5-15(21)16(22-9-2-3-10-22)12-20-25(23,24)17-11-13(18)6-7-14(17)19/h4-8,11,16,20H,2-3,9-10,12H2,1H3/t16-/m0/s1. The lowest BCUT2D eigenvalue weighted by molar-refractivity contribution is 0.238. The third-order valence-electron chi connectivity index (χ3n) is 4.56. The second kappa shape index (κ2) is 7.23. The predicted molar refractivity (Wildman–Crippen MR) is 90.5 cm³/mol. The highest BCUT2D eigenvalue weighted by Gasteiger charge is 2.28. The Balaban J connectivity index is 1.83. The van der Waals surface area contributed by atoms with Crippen LogP contribution in [0.15, 0.2) is 41.4 Å². The Kier molecular flexibility index (Phi) is 5.21. The number of aromatic nitrogens is 1. The molecule has 0 unspecified atom stereocenters. The Morgan fingerprint density at radius 3 is 2.56 bits per heavy atom. The van der Waals surface area contributed by atoms with Crippen molar-refractivity contribution in [2.75, 3.05) is 19.6 Å². The molecule has 1 saturated heterocycles. The molecular weight excluding hydrogens is 348 g/mol. The summed E-state index contributed by atoms with van der Waals surface area (Å²) in [5.41, 5.74) is 0.976. The summed E-state index contributed by atoms with van der Waals surface area (Å²) in [5.74, 6) is -1.76. The minimum Gasteiger partial charge on any atom is -0.353 e. The molecule has 0 radical (unpaired) electrons. The van der Waals surface area contributed by atoms with E-state index in [4.69, 9.17) is 0 Å². The fraction of sp³-hybridized carbons (Fsp3) is 0.412. The van der Waals surface area contributed by atoms with Crippen molar-refractivity contribution < 1.29 is 17.2 Å². The summed E-state index contributed by atoms with van der Waals surface area (Å²) in [7, 11) is -2.24. The van der Waals surface area contributed by atoms with Crippen LogP contribution in [0.1, 0.15) is 24.6 Å². The largest absolute Gasteiger partial charge is 0.353 e. The average Bonchev–Trinajstić information content (AvgIpc) is 3.23. The number of benzene rings is 1. The van der Waals surface area contributed by atoms with Crippen LogP contribution in [0.3, 0.4) is 0 Å². The van der Waals surface area contributed by atoms with Crippen LogP contribution < -0.4 is 4.72 Å². The minimum atomic E-state index is -4.14. The molecule has 136 valence electrons. The van der Waals surface area contributed by atoms with Crippen molar-refractivity contribution in [1.82, 2.24) is 14.2 Å². The van der Waals surface area contributed by atoms with Crippen molar-refractivity contribution in [2.24, 2.45) is 7.05 Å². The lowest BCUT2D eigenvalue weighted by Gasteiger charge is -2.28. The number of likely N-dealkylation sites (tertiary alicyclic amines) is 1. The van der Waals surface area contributed by atoms with Gasteiger partial charge in [0, 0.05) is 25.5 Å². The van der Waals surface area contributed by atoms with E-state index >= 15 is 0 Å². The number of halogens is 2. The molecular formula is C17H21F2N3O2S. The SMILES string of the molecule is Cn1cccc1[C@H](CNS(=O)(=O)c1cc(F)ccc1F)N1CCCC1. The molecule has 1 atom stereocenters. The maximum absolute atomic E-state index is 13.8. The zero-order chi connectivity index (χ0) is 18.0. The van der Waals surface area contributed by atoms with Crippen molar-refractivity contribution in [1.29, 1.82) is 0 Å². The summed E-state index contributed by atoms with van der Waals surface area (Å²) in [5, 5.41) is 0. The fourth-order valence-corrected chi connectivity index (χ4v) is 4.37. The zero-order valence-electron chi connectivity index (χ0n) is 14.0. The first-order chi connectivity index (χ1) is 11.9. The van der Waals surface area contributed by atoms with Crippen LogP contribution in [0.2, 0.25) is 0 Å². The van der Waals surface area contributed by atoms with Gasteiger partial charge < -0.3 is 4.57 Å². The summed E-state index contributed by atoms with van der Waals surface area (Å²) < 4.78 is 56.4. The quantitative estimate of drug-likeness (QED) is 0.851. The lowest BCUT2D eigenvalue weighted by atomic mass is 10.2. The van der Waals surface area contributed by atoms with Gasteiger partial charge in [-0.25, -0.2) is 21.9 Å². The lowest BCUT2D eigenvalue weighted by Crippen LogP contribution is -2.37. The molecule has 1 aliphatic heterocycles. The molecule has 0 aliphatic carbocycles. The van der Waals surface area contributed by atoms with Gasteiger partial charge in [0.25, 0.3) is 0 Å². The van der Waals surface area contributed by atoms with Gasteiger partial charge in [-0.05, 0) is 56.3 Å². The topological polar surface area (TPSA) is 54.3 Å². The second-order valence-electron chi connectivity index (χ2n) is 6.23. The summed E-state index contributed by atoms with van der Waals surface area (Å²) >= 11 is 0. The maximum atomic E-state index is 13.8. The van der Waals surface area contributed by atoms with E-state index in [0.29, 0.717) is 6.07 Å². The number of hydrogen-bond acceptors (Lipinski definition) is 3. The van der Waals surface area contributed by atoms with Crippen LogP contribution >= 0.6 is 0 Å².